The molecule has 0 spiro atoms. The second-order valence-corrected chi connectivity index (χ2v) is 5.49. The van der Waals surface area contributed by atoms with E-state index in [-0.39, 0.29) is 12.0 Å². The van der Waals surface area contributed by atoms with Gasteiger partial charge in [0.25, 0.3) is 5.91 Å². The van der Waals surface area contributed by atoms with E-state index in [0.717, 1.165) is 25.2 Å². The molecule has 2 heterocycles. The average Bonchev–Trinajstić information content (AvgIpc) is 3.14. The molecule has 0 saturated carbocycles. The standard InChI is InChI=1S/C17H20N4O3/c1-23-13-6-4-12(5-7-13)21-17(22)15-9-16(20-11-19-15)18-10-14-3-2-8-24-14/h4-7,9,11,14H,2-3,8,10H2,1H3,(H,21,22)(H,18,19,20). The summed E-state index contributed by atoms with van der Waals surface area (Å²) in [5.74, 6) is 1.05. The number of carbonyl (C=O) groups is 1. The van der Waals surface area contributed by atoms with Gasteiger partial charge in [-0.2, -0.15) is 0 Å². The van der Waals surface area contributed by atoms with Crippen LogP contribution in [0.3, 0.4) is 0 Å². The van der Waals surface area contributed by atoms with Crippen molar-refractivity contribution >= 4 is 17.4 Å². The molecule has 2 N–H and O–H groups in total. The topological polar surface area (TPSA) is 85.4 Å². The van der Waals surface area contributed by atoms with Gasteiger partial charge in [-0.1, -0.05) is 0 Å². The summed E-state index contributed by atoms with van der Waals surface area (Å²) >= 11 is 0. The zero-order valence-corrected chi connectivity index (χ0v) is 13.5. The molecular formula is C17H20N4O3. The Morgan fingerprint density at radius 1 is 1.33 bits per heavy atom. The number of anilines is 2. The molecule has 1 aliphatic rings. The van der Waals surface area contributed by atoms with Gasteiger partial charge in [0.2, 0.25) is 0 Å². The molecule has 1 fully saturated rings. The van der Waals surface area contributed by atoms with Gasteiger partial charge in [0.15, 0.2) is 0 Å². The lowest BCUT2D eigenvalue weighted by molar-refractivity contribution is 0.102. The van der Waals surface area contributed by atoms with Crippen LogP contribution in [0.1, 0.15) is 23.3 Å². The molecule has 1 aromatic carbocycles. The zero-order chi connectivity index (χ0) is 16.8. The Morgan fingerprint density at radius 3 is 2.88 bits per heavy atom. The van der Waals surface area contributed by atoms with Crippen molar-refractivity contribution in [3.05, 3.63) is 42.4 Å². The Kier molecular flexibility index (Phi) is 5.22. The normalized spacial score (nSPS) is 16.6. The van der Waals surface area contributed by atoms with Gasteiger partial charge in [-0.25, -0.2) is 9.97 Å². The monoisotopic (exact) mass is 328 g/mol. The summed E-state index contributed by atoms with van der Waals surface area (Å²) in [5.41, 5.74) is 0.976. The van der Waals surface area contributed by atoms with Gasteiger partial charge in [0.05, 0.1) is 13.2 Å². The predicted octanol–water partition coefficient (Wildman–Crippen LogP) is 2.33. The number of methoxy groups -OCH3 is 1. The fraction of sp³-hybridized carbons (Fsp3) is 0.353. The smallest absolute Gasteiger partial charge is 0.274 e. The maximum atomic E-state index is 12.3. The summed E-state index contributed by atoms with van der Waals surface area (Å²) in [7, 11) is 1.60. The van der Waals surface area contributed by atoms with E-state index >= 15 is 0 Å². The minimum Gasteiger partial charge on any atom is -0.497 e. The molecule has 1 aromatic heterocycles. The number of benzene rings is 1. The van der Waals surface area contributed by atoms with Crippen molar-refractivity contribution in [2.45, 2.75) is 18.9 Å². The first kappa shape index (κ1) is 16.2. The first-order valence-electron chi connectivity index (χ1n) is 7.87. The minimum atomic E-state index is -0.289. The lowest BCUT2D eigenvalue weighted by atomic mass is 10.2. The molecule has 7 nitrogen and oxygen atoms in total. The third-order valence-electron chi connectivity index (χ3n) is 3.78. The van der Waals surface area contributed by atoms with E-state index in [1.54, 1.807) is 37.4 Å². The van der Waals surface area contributed by atoms with Gasteiger partial charge >= 0.3 is 0 Å². The number of nitrogens with zero attached hydrogens (tertiary/aromatic N) is 2. The van der Waals surface area contributed by atoms with Crippen LogP contribution >= 0.6 is 0 Å². The number of ether oxygens (including phenoxy) is 2. The molecule has 2 aromatic rings. The van der Waals surface area contributed by atoms with E-state index < -0.39 is 0 Å². The Morgan fingerprint density at radius 2 is 2.17 bits per heavy atom. The molecular weight excluding hydrogens is 308 g/mol. The third kappa shape index (κ3) is 4.20. The summed E-state index contributed by atoms with van der Waals surface area (Å²) in [6.45, 7) is 1.49. The highest BCUT2D eigenvalue weighted by atomic mass is 16.5. The number of nitrogens with one attached hydrogen (secondary N) is 2. The molecule has 0 bridgehead atoms. The number of carbonyl (C=O) groups excluding carboxylic acids is 1. The van der Waals surface area contributed by atoms with Crippen LogP contribution in [-0.2, 0) is 4.74 Å². The number of hydrogen-bond acceptors (Lipinski definition) is 6. The second kappa shape index (κ2) is 7.74. The van der Waals surface area contributed by atoms with Crippen LogP contribution in [0.25, 0.3) is 0 Å². The lowest BCUT2D eigenvalue weighted by Gasteiger charge is -2.11. The number of rotatable bonds is 6. The summed E-state index contributed by atoms with van der Waals surface area (Å²) in [4.78, 5) is 20.5. The summed E-state index contributed by atoms with van der Waals surface area (Å²) in [6.07, 6.45) is 3.71. The van der Waals surface area contributed by atoms with Gasteiger partial charge in [-0.05, 0) is 37.1 Å². The van der Waals surface area contributed by atoms with E-state index in [2.05, 4.69) is 20.6 Å². The van der Waals surface area contributed by atoms with Crippen molar-refractivity contribution in [2.75, 3.05) is 30.9 Å². The van der Waals surface area contributed by atoms with E-state index in [9.17, 15) is 4.79 Å². The summed E-state index contributed by atoms with van der Waals surface area (Å²) < 4.78 is 10.6. The highest BCUT2D eigenvalue weighted by Crippen LogP contribution is 2.16. The molecule has 0 aliphatic carbocycles. The van der Waals surface area contributed by atoms with Gasteiger partial charge in [0.1, 0.15) is 23.6 Å². The van der Waals surface area contributed by atoms with Gasteiger partial charge in [0, 0.05) is 24.9 Å². The van der Waals surface area contributed by atoms with Crippen LogP contribution in [0, 0.1) is 0 Å². The molecule has 1 amide bonds. The first-order chi connectivity index (χ1) is 11.7. The van der Waals surface area contributed by atoms with Crippen molar-refractivity contribution < 1.29 is 14.3 Å². The Bertz CT molecular complexity index is 684. The third-order valence-corrected chi connectivity index (χ3v) is 3.78. The van der Waals surface area contributed by atoms with Crippen LogP contribution < -0.4 is 15.4 Å². The SMILES string of the molecule is COc1ccc(NC(=O)c2cc(NCC3CCCO3)ncn2)cc1. The van der Waals surface area contributed by atoms with Gasteiger partial charge in [-0.15, -0.1) is 0 Å². The van der Waals surface area contributed by atoms with Crippen molar-refractivity contribution in [1.29, 1.82) is 0 Å². The highest BCUT2D eigenvalue weighted by Gasteiger charge is 2.15. The molecule has 0 radical (unpaired) electrons. The second-order valence-electron chi connectivity index (χ2n) is 5.49. The fourth-order valence-electron chi connectivity index (χ4n) is 2.47. The summed E-state index contributed by atoms with van der Waals surface area (Å²) in [5, 5.41) is 5.98. The average molecular weight is 328 g/mol. The molecule has 3 rings (SSSR count). The minimum absolute atomic E-state index is 0.205. The fourth-order valence-corrected chi connectivity index (χ4v) is 2.47. The Hall–Kier alpha value is -2.67. The van der Waals surface area contributed by atoms with E-state index in [4.69, 9.17) is 9.47 Å². The maximum absolute atomic E-state index is 12.3. The van der Waals surface area contributed by atoms with Crippen LogP contribution in [0.4, 0.5) is 11.5 Å². The molecule has 24 heavy (non-hydrogen) atoms. The quantitative estimate of drug-likeness (QED) is 0.846. The number of amides is 1. The molecule has 1 aliphatic heterocycles. The number of aromatic nitrogens is 2. The van der Waals surface area contributed by atoms with E-state index in [0.29, 0.717) is 23.7 Å². The molecule has 1 atom stereocenters. The Labute approximate surface area is 140 Å². The summed E-state index contributed by atoms with van der Waals surface area (Å²) in [6, 6.07) is 8.74. The van der Waals surface area contributed by atoms with Crippen LogP contribution in [0.2, 0.25) is 0 Å². The van der Waals surface area contributed by atoms with E-state index in [1.165, 1.54) is 6.33 Å². The largest absolute Gasteiger partial charge is 0.497 e. The van der Waals surface area contributed by atoms with Crippen LogP contribution in [-0.4, -0.2) is 42.2 Å². The molecule has 126 valence electrons. The maximum Gasteiger partial charge on any atom is 0.274 e. The first-order valence-corrected chi connectivity index (χ1v) is 7.87. The zero-order valence-electron chi connectivity index (χ0n) is 13.5. The van der Waals surface area contributed by atoms with Crippen molar-refractivity contribution in [2.24, 2.45) is 0 Å². The van der Waals surface area contributed by atoms with Gasteiger partial charge < -0.3 is 20.1 Å². The molecule has 1 saturated heterocycles. The number of hydrogen-bond donors (Lipinski definition) is 2. The van der Waals surface area contributed by atoms with Crippen molar-refractivity contribution in [3.8, 4) is 5.75 Å². The Balaban J connectivity index is 1.60. The lowest BCUT2D eigenvalue weighted by Crippen LogP contribution is -2.20. The van der Waals surface area contributed by atoms with Crippen LogP contribution in [0.15, 0.2) is 36.7 Å². The van der Waals surface area contributed by atoms with Crippen molar-refractivity contribution in [1.82, 2.24) is 9.97 Å². The van der Waals surface area contributed by atoms with Gasteiger partial charge in [-0.3, -0.25) is 4.79 Å². The molecule has 7 heteroatoms. The van der Waals surface area contributed by atoms with Crippen LogP contribution in [0.5, 0.6) is 5.75 Å². The predicted molar refractivity (Wildman–Crippen MR) is 90.4 cm³/mol. The highest BCUT2D eigenvalue weighted by molar-refractivity contribution is 6.03. The molecule has 1 unspecified atom stereocenters. The van der Waals surface area contributed by atoms with E-state index in [1.807, 2.05) is 0 Å². The van der Waals surface area contributed by atoms with Crippen molar-refractivity contribution in [3.63, 3.8) is 0 Å².